The molecule has 0 spiro atoms. The molecule has 0 aliphatic heterocycles. The van der Waals surface area contributed by atoms with Gasteiger partial charge in [-0.25, -0.2) is 19.3 Å². The monoisotopic (exact) mass is 417 g/mol. The van der Waals surface area contributed by atoms with Gasteiger partial charge in [-0.1, -0.05) is 19.1 Å². The topological polar surface area (TPSA) is 92.8 Å². The van der Waals surface area contributed by atoms with Crippen LogP contribution < -0.4 is 15.6 Å². The van der Waals surface area contributed by atoms with E-state index in [0.29, 0.717) is 36.2 Å². The number of nitrogens with zero attached hydrogens (tertiary/aromatic N) is 3. The quantitative estimate of drug-likeness (QED) is 0.465. The van der Waals surface area contributed by atoms with Gasteiger partial charge >= 0.3 is 0 Å². The summed E-state index contributed by atoms with van der Waals surface area (Å²) in [5.74, 6) is 1.59. The maximum atomic E-state index is 13.2. The van der Waals surface area contributed by atoms with E-state index < -0.39 is 0 Å². The number of ether oxygens (including phenoxy) is 1. The molecule has 3 heterocycles. The van der Waals surface area contributed by atoms with E-state index in [1.54, 1.807) is 30.6 Å². The van der Waals surface area contributed by atoms with E-state index in [4.69, 9.17) is 4.74 Å². The van der Waals surface area contributed by atoms with Crippen molar-refractivity contribution in [2.75, 3.05) is 5.32 Å². The summed E-state index contributed by atoms with van der Waals surface area (Å²) >= 11 is 0. The van der Waals surface area contributed by atoms with Gasteiger partial charge < -0.3 is 15.0 Å². The predicted molar refractivity (Wildman–Crippen MR) is 116 cm³/mol. The van der Waals surface area contributed by atoms with Crippen LogP contribution in [0.2, 0.25) is 0 Å². The van der Waals surface area contributed by atoms with Crippen molar-refractivity contribution in [1.29, 1.82) is 0 Å². The lowest BCUT2D eigenvalue weighted by atomic mass is 10.2. The molecule has 0 saturated carbocycles. The van der Waals surface area contributed by atoms with E-state index >= 15 is 0 Å². The molecule has 7 nitrogen and oxygen atoms in total. The second kappa shape index (κ2) is 9.17. The van der Waals surface area contributed by atoms with Crippen molar-refractivity contribution >= 4 is 5.82 Å². The molecular weight excluding hydrogens is 397 g/mol. The lowest BCUT2D eigenvalue weighted by molar-refractivity contribution is 0.458. The summed E-state index contributed by atoms with van der Waals surface area (Å²) in [7, 11) is 0. The molecule has 2 N–H and O–H groups in total. The van der Waals surface area contributed by atoms with Gasteiger partial charge in [0.2, 0.25) is 5.88 Å². The van der Waals surface area contributed by atoms with Gasteiger partial charge in [0.1, 0.15) is 23.2 Å². The number of pyridine rings is 2. The first-order valence-electron chi connectivity index (χ1n) is 9.78. The zero-order chi connectivity index (χ0) is 21.6. The number of hydrogen-bond acceptors (Lipinski definition) is 6. The number of rotatable bonds is 7. The van der Waals surface area contributed by atoms with Crippen molar-refractivity contribution in [3.8, 4) is 23.0 Å². The first-order chi connectivity index (χ1) is 15.1. The molecular formula is C23H20FN5O2. The third kappa shape index (κ3) is 5.30. The highest BCUT2D eigenvalue weighted by Gasteiger charge is 2.05. The van der Waals surface area contributed by atoms with Crippen LogP contribution in [-0.4, -0.2) is 19.9 Å². The summed E-state index contributed by atoms with van der Waals surface area (Å²) < 4.78 is 18.8. The number of nitrogens with one attached hydrogen (secondary N) is 2. The summed E-state index contributed by atoms with van der Waals surface area (Å²) in [5, 5.41) is 3.22. The standard InChI is InChI=1S/C23H20FN5O2/c1-2-18-11-21(30)29-23(28-18)16-7-8-20(26-14-16)25-12-15-6-9-22(27-13-15)31-19-5-3-4-17(24)10-19/h3-11,13-14H,2,12H2,1H3,(H,25,26)(H,28,29,30). The van der Waals surface area contributed by atoms with Crippen molar-refractivity contribution in [2.45, 2.75) is 19.9 Å². The second-order valence-electron chi connectivity index (χ2n) is 6.79. The van der Waals surface area contributed by atoms with Crippen molar-refractivity contribution in [1.82, 2.24) is 19.9 Å². The molecule has 4 rings (SSSR count). The van der Waals surface area contributed by atoms with Gasteiger partial charge in [-0.3, -0.25) is 4.79 Å². The Balaban J connectivity index is 1.37. The van der Waals surface area contributed by atoms with Crippen LogP contribution in [0.25, 0.3) is 11.4 Å². The summed E-state index contributed by atoms with van der Waals surface area (Å²) in [4.78, 5) is 27.5. The van der Waals surface area contributed by atoms with Gasteiger partial charge in [-0.05, 0) is 36.2 Å². The van der Waals surface area contributed by atoms with Gasteiger partial charge in [0.25, 0.3) is 5.56 Å². The third-order valence-electron chi connectivity index (χ3n) is 4.48. The molecule has 0 saturated heterocycles. The Morgan fingerprint density at radius 2 is 1.97 bits per heavy atom. The molecule has 0 radical (unpaired) electrons. The average molecular weight is 417 g/mol. The average Bonchev–Trinajstić information content (AvgIpc) is 2.78. The summed E-state index contributed by atoms with van der Waals surface area (Å²) in [6.07, 6.45) is 4.03. The number of aromatic nitrogens is 4. The zero-order valence-corrected chi connectivity index (χ0v) is 16.8. The minimum Gasteiger partial charge on any atom is -0.439 e. The SMILES string of the molecule is CCc1cc(=O)[nH]c(-c2ccc(NCc3ccc(Oc4cccc(F)c4)nc3)nc2)n1. The zero-order valence-electron chi connectivity index (χ0n) is 16.8. The highest BCUT2D eigenvalue weighted by Crippen LogP contribution is 2.20. The molecule has 4 aromatic rings. The van der Waals surface area contributed by atoms with Crippen LogP contribution >= 0.6 is 0 Å². The minimum absolute atomic E-state index is 0.179. The highest BCUT2D eigenvalue weighted by molar-refractivity contribution is 5.55. The summed E-state index contributed by atoms with van der Waals surface area (Å²) in [5.41, 5.74) is 2.22. The molecule has 0 aliphatic rings. The fourth-order valence-electron chi connectivity index (χ4n) is 2.88. The molecule has 31 heavy (non-hydrogen) atoms. The molecule has 0 fully saturated rings. The lowest BCUT2D eigenvalue weighted by Crippen LogP contribution is -2.10. The molecule has 156 valence electrons. The van der Waals surface area contributed by atoms with Crippen LogP contribution in [0.1, 0.15) is 18.2 Å². The fraction of sp³-hybridized carbons (Fsp3) is 0.130. The number of aryl methyl sites for hydroxylation is 1. The van der Waals surface area contributed by atoms with Crippen molar-refractivity contribution < 1.29 is 9.13 Å². The van der Waals surface area contributed by atoms with E-state index in [-0.39, 0.29) is 11.4 Å². The Morgan fingerprint density at radius 1 is 1.06 bits per heavy atom. The summed E-state index contributed by atoms with van der Waals surface area (Å²) in [6.45, 7) is 2.46. The highest BCUT2D eigenvalue weighted by atomic mass is 19.1. The smallest absolute Gasteiger partial charge is 0.251 e. The lowest BCUT2D eigenvalue weighted by Gasteiger charge is -2.08. The van der Waals surface area contributed by atoms with Gasteiger partial charge in [0.15, 0.2) is 0 Å². The van der Waals surface area contributed by atoms with Gasteiger partial charge in [-0.15, -0.1) is 0 Å². The maximum absolute atomic E-state index is 13.2. The van der Waals surface area contributed by atoms with Crippen LogP contribution in [0.5, 0.6) is 11.6 Å². The molecule has 0 atom stereocenters. The van der Waals surface area contributed by atoms with Crippen LogP contribution in [-0.2, 0) is 13.0 Å². The first-order valence-corrected chi connectivity index (χ1v) is 9.78. The third-order valence-corrected chi connectivity index (χ3v) is 4.48. The summed E-state index contributed by atoms with van der Waals surface area (Å²) in [6, 6.07) is 14.7. The Labute approximate surface area is 178 Å². The van der Waals surface area contributed by atoms with Crippen molar-refractivity contribution in [3.05, 3.63) is 94.4 Å². The van der Waals surface area contributed by atoms with Gasteiger partial charge in [0.05, 0.1) is 0 Å². The van der Waals surface area contributed by atoms with E-state index in [1.165, 1.54) is 18.2 Å². The molecule has 1 aromatic carbocycles. The first kappa shape index (κ1) is 20.2. The molecule has 3 aromatic heterocycles. The Kier molecular flexibility index (Phi) is 5.98. The van der Waals surface area contributed by atoms with E-state index in [9.17, 15) is 9.18 Å². The molecule has 0 unspecified atom stereocenters. The number of H-pyrrole nitrogens is 1. The van der Waals surface area contributed by atoms with E-state index in [1.807, 2.05) is 25.1 Å². The number of anilines is 1. The van der Waals surface area contributed by atoms with E-state index in [2.05, 4.69) is 25.3 Å². The predicted octanol–water partition coefficient (Wildman–Crippen LogP) is 4.33. The second-order valence-corrected chi connectivity index (χ2v) is 6.79. The number of benzene rings is 1. The van der Waals surface area contributed by atoms with Crippen LogP contribution in [0, 0.1) is 5.82 Å². The molecule has 0 aliphatic carbocycles. The Bertz CT molecular complexity index is 1220. The number of hydrogen-bond donors (Lipinski definition) is 2. The number of halogens is 1. The van der Waals surface area contributed by atoms with Gasteiger partial charge in [-0.2, -0.15) is 0 Å². The van der Waals surface area contributed by atoms with Crippen LogP contribution in [0.15, 0.2) is 71.8 Å². The minimum atomic E-state index is -0.364. The van der Waals surface area contributed by atoms with Crippen LogP contribution in [0.3, 0.4) is 0 Å². The van der Waals surface area contributed by atoms with Crippen molar-refractivity contribution in [3.63, 3.8) is 0 Å². The largest absolute Gasteiger partial charge is 0.439 e. The molecule has 0 bridgehead atoms. The normalized spacial score (nSPS) is 10.6. The Morgan fingerprint density at radius 3 is 2.68 bits per heavy atom. The fourth-order valence-corrected chi connectivity index (χ4v) is 2.88. The Hall–Kier alpha value is -4.07. The maximum Gasteiger partial charge on any atom is 0.251 e. The van der Waals surface area contributed by atoms with Crippen molar-refractivity contribution in [2.24, 2.45) is 0 Å². The van der Waals surface area contributed by atoms with Crippen LogP contribution in [0.4, 0.5) is 10.2 Å². The molecule has 8 heteroatoms. The van der Waals surface area contributed by atoms with Gasteiger partial charge in [0, 0.05) is 48.4 Å². The number of aromatic amines is 1. The van der Waals surface area contributed by atoms with E-state index in [0.717, 1.165) is 16.8 Å². The molecule has 0 amide bonds.